The van der Waals surface area contributed by atoms with Crippen LogP contribution in [0.25, 0.3) is 10.9 Å². The van der Waals surface area contributed by atoms with Crippen LogP contribution in [0, 0.1) is 13.8 Å². The van der Waals surface area contributed by atoms with Gasteiger partial charge in [0.2, 0.25) is 15.9 Å². The van der Waals surface area contributed by atoms with Crippen molar-refractivity contribution >= 4 is 32.5 Å². The Balaban J connectivity index is 1.47. The summed E-state index contributed by atoms with van der Waals surface area (Å²) in [5.41, 5.74) is 2.35. The molecule has 0 spiro atoms. The number of hydrogen-bond donors (Lipinski definition) is 1. The summed E-state index contributed by atoms with van der Waals surface area (Å²) in [6, 6.07) is 10.2. The molecule has 1 N–H and O–H groups in total. The maximum Gasteiger partial charge on any atom is 0.261 e. The summed E-state index contributed by atoms with van der Waals surface area (Å²) in [4.78, 5) is 29.8. The van der Waals surface area contributed by atoms with Gasteiger partial charge in [0.25, 0.3) is 5.56 Å². The zero-order valence-electron chi connectivity index (χ0n) is 18.6. The standard InChI is InChI=1S/C23H26N4O5S/c1-16-6-7-18(14-20(16)33(30,31)27-10-12-32-13-11-27)25-21(28)8-9-26-15-24-22-17(2)4-3-5-19(22)23(26)29/h3-7,14-15H,8-13H2,1-2H3,(H,25,28). The van der Waals surface area contributed by atoms with Crippen molar-refractivity contribution in [1.82, 2.24) is 13.9 Å². The highest BCUT2D eigenvalue weighted by Gasteiger charge is 2.28. The van der Waals surface area contributed by atoms with Crippen LogP contribution in [0.5, 0.6) is 0 Å². The van der Waals surface area contributed by atoms with Crippen LogP contribution >= 0.6 is 0 Å². The number of hydrogen-bond acceptors (Lipinski definition) is 6. The van der Waals surface area contributed by atoms with Gasteiger partial charge in [-0.2, -0.15) is 4.31 Å². The third kappa shape index (κ3) is 4.82. The molecule has 2 aromatic carbocycles. The second kappa shape index (κ2) is 9.42. The molecule has 4 rings (SSSR count). The first-order valence-corrected chi connectivity index (χ1v) is 12.1. The van der Waals surface area contributed by atoms with E-state index in [0.717, 1.165) is 5.56 Å². The number of nitrogens with one attached hydrogen (secondary N) is 1. The Labute approximate surface area is 192 Å². The number of ether oxygens (including phenoxy) is 1. The van der Waals surface area contributed by atoms with Crippen molar-refractivity contribution in [3.05, 3.63) is 64.2 Å². The van der Waals surface area contributed by atoms with Gasteiger partial charge >= 0.3 is 0 Å². The van der Waals surface area contributed by atoms with E-state index < -0.39 is 10.0 Å². The second-order valence-corrected chi connectivity index (χ2v) is 9.92. The van der Waals surface area contributed by atoms with Gasteiger partial charge in [0.15, 0.2) is 0 Å². The second-order valence-electron chi connectivity index (χ2n) is 8.01. The third-order valence-corrected chi connectivity index (χ3v) is 7.74. The molecule has 33 heavy (non-hydrogen) atoms. The highest BCUT2D eigenvalue weighted by Crippen LogP contribution is 2.24. The van der Waals surface area contributed by atoms with Crippen LogP contribution < -0.4 is 10.9 Å². The molecular formula is C23H26N4O5S. The molecule has 1 aromatic heterocycles. The Bertz CT molecular complexity index is 1360. The highest BCUT2D eigenvalue weighted by molar-refractivity contribution is 7.89. The fourth-order valence-electron chi connectivity index (χ4n) is 3.82. The molecule has 0 unspecified atom stereocenters. The smallest absolute Gasteiger partial charge is 0.261 e. The van der Waals surface area contributed by atoms with E-state index in [1.807, 2.05) is 13.0 Å². The molecule has 1 saturated heterocycles. The minimum atomic E-state index is -3.69. The van der Waals surface area contributed by atoms with Crippen molar-refractivity contribution in [2.45, 2.75) is 31.7 Å². The molecule has 1 amide bonds. The Morgan fingerprint density at radius 3 is 2.64 bits per heavy atom. The van der Waals surface area contributed by atoms with Crippen LogP contribution in [0.4, 0.5) is 5.69 Å². The number of nitrogens with zero attached hydrogens (tertiary/aromatic N) is 3. The Kier molecular flexibility index (Phi) is 6.59. The number of para-hydroxylation sites is 1. The molecule has 0 radical (unpaired) electrons. The number of aromatic nitrogens is 2. The van der Waals surface area contributed by atoms with E-state index in [-0.39, 0.29) is 29.3 Å². The number of morpholine rings is 1. The van der Waals surface area contributed by atoms with Gasteiger partial charge in [0.1, 0.15) is 0 Å². The van der Waals surface area contributed by atoms with Crippen molar-refractivity contribution in [2.24, 2.45) is 0 Å². The summed E-state index contributed by atoms with van der Waals surface area (Å²) in [5, 5.41) is 3.25. The predicted molar refractivity (Wildman–Crippen MR) is 125 cm³/mol. The lowest BCUT2D eigenvalue weighted by molar-refractivity contribution is -0.116. The van der Waals surface area contributed by atoms with E-state index in [2.05, 4.69) is 10.3 Å². The van der Waals surface area contributed by atoms with E-state index >= 15 is 0 Å². The zero-order valence-corrected chi connectivity index (χ0v) is 19.4. The van der Waals surface area contributed by atoms with E-state index in [1.165, 1.54) is 21.3 Å². The quantitative estimate of drug-likeness (QED) is 0.591. The van der Waals surface area contributed by atoms with E-state index in [9.17, 15) is 18.0 Å². The predicted octanol–water partition coefficient (Wildman–Crippen LogP) is 2.06. The zero-order chi connectivity index (χ0) is 23.6. The Morgan fingerprint density at radius 2 is 1.88 bits per heavy atom. The average molecular weight is 471 g/mol. The lowest BCUT2D eigenvalue weighted by atomic mass is 10.1. The average Bonchev–Trinajstić information content (AvgIpc) is 2.81. The number of sulfonamides is 1. The van der Waals surface area contributed by atoms with Gasteiger partial charge in [-0.3, -0.25) is 14.2 Å². The molecule has 174 valence electrons. The minimum Gasteiger partial charge on any atom is -0.379 e. The molecule has 9 nitrogen and oxygen atoms in total. The van der Waals surface area contributed by atoms with Crippen LogP contribution in [-0.2, 0) is 26.1 Å². The molecule has 0 saturated carbocycles. The number of anilines is 1. The third-order valence-electron chi connectivity index (χ3n) is 5.69. The first-order valence-electron chi connectivity index (χ1n) is 10.7. The molecule has 1 fully saturated rings. The first-order chi connectivity index (χ1) is 15.8. The number of fused-ring (bicyclic) bond motifs is 1. The molecule has 1 aliphatic rings. The van der Waals surface area contributed by atoms with E-state index in [1.54, 1.807) is 31.2 Å². The van der Waals surface area contributed by atoms with Gasteiger partial charge in [0.05, 0.1) is 35.3 Å². The topological polar surface area (TPSA) is 111 Å². The molecule has 0 atom stereocenters. The maximum atomic E-state index is 13.0. The molecule has 0 aliphatic carbocycles. The van der Waals surface area contributed by atoms with Crippen molar-refractivity contribution in [3.63, 3.8) is 0 Å². The largest absolute Gasteiger partial charge is 0.379 e. The van der Waals surface area contributed by atoms with Gasteiger partial charge in [-0.25, -0.2) is 13.4 Å². The summed E-state index contributed by atoms with van der Waals surface area (Å²) in [7, 11) is -3.69. The van der Waals surface area contributed by atoms with Crippen molar-refractivity contribution < 1.29 is 17.9 Å². The number of amides is 1. The fourth-order valence-corrected chi connectivity index (χ4v) is 5.48. The van der Waals surface area contributed by atoms with Crippen molar-refractivity contribution in [1.29, 1.82) is 0 Å². The van der Waals surface area contributed by atoms with Crippen LogP contribution in [0.2, 0.25) is 0 Å². The maximum absolute atomic E-state index is 13.0. The lowest BCUT2D eigenvalue weighted by Crippen LogP contribution is -2.40. The van der Waals surface area contributed by atoms with Gasteiger partial charge in [0, 0.05) is 31.7 Å². The van der Waals surface area contributed by atoms with Gasteiger partial charge in [-0.1, -0.05) is 18.2 Å². The highest BCUT2D eigenvalue weighted by atomic mass is 32.2. The molecular weight excluding hydrogens is 444 g/mol. The van der Waals surface area contributed by atoms with Gasteiger partial charge in [-0.15, -0.1) is 0 Å². The number of carbonyl (C=O) groups excluding carboxylic acids is 1. The number of rotatable bonds is 6. The number of aryl methyl sites for hydroxylation is 3. The van der Waals surface area contributed by atoms with Gasteiger partial charge < -0.3 is 10.1 Å². The summed E-state index contributed by atoms with van der Waals surface area (Å²) in [5.74, 6) is -0.329. The molecule has 0 bridgehead atoms. The van der Waals surface area contributed by atoms with Crippen LogP contribution in [0.15, 0.2) is 52.4 Å². The summed E-state index contributed by atoms with van der Waals surface area (Å²) < 4.78 is 34.1. The SMILES string of the molecule is Cc1ccc(NC(=O)CCn2cnc3c(C)cccc3c2=O)cc1S(=O)(=O)N1CCOCC1. The van der Waals surface area contributed by atoms with Crippen LogP contribution in [0.3, 0.4) is 0 Å². The summed E-state index contributed by atoms with van der Waals surface area (Å²) in [6.07, 6.45) is 1.49. The molecule has 2 heterocycles. The Hall–Kier alpha value is -3.08. The van der Waals surface area contributed by atoms with Crippen LogP contribution in [0.1, 0.15) is 17.5 Å². The Morgan fingerprint density at radius 1 is 1.12 bits per heavy atom. The van der Waals surface area contributed by atoms with Crippen molar-refractivity contribution in [2.75, 3.05) is 31.6 Å². The van der Waals surface area contributed by atoms with E-state index in [0.29, 0.717) is 48.5 Å². The molecule has 10 heteroatoms. The normalized spacial score (nSPS) is 15.0. The lowest BCUT2D eigenvalue weighted by Gasteiger charge is -2.26. The molecule has 1 aliphatic heterocycles. The summed E-state index contributed by atoms with van der Waals surface area (Å²) >= 11 is 0. The van der Waals surface area contributed by atoms with Crippen molar-refractivity contribution in [3.8, 4) is 0 Å². The minimum absolute atomic E-state index is 0.0400. The first kappa shape index (κ1) is 23.1. The van der Waals surface area contributed by atoms with Crippen LogP contribution in [-0.4, -0.2) is 54.5 Å². The fraction of sp³-hybridized carbons (Fsp3) is 0.348. The van der Waals surface area contributed by atoms with E-state index in [4.69, 9.17) is 4.74 Å². The number of benzene rings is 2. The van der Waals surface area contributed by atoms with Gasteiger partial charge in [-0.05, 0) is 43.2 Å². The summed E-state index contributed by atoms with van der Waals surface area (Å²) in [6.45, 7) is 5.08. The molecule has 3 aromatic rings. The monoisotopic (exact) mass is 470 g/mol. The number of carbonyl (C=O) groups is 1.